The molecule has 1 aliphatic rings. The summed E-state index contributed by atoms with van der Waals surface area (Å²) in [5, 5.41) is 5.39. The van der Waals surface area contributed by atoms with E-state index in [2.05, 4.69) is 10.6 Å². The lowest BCUT2D eigenvalue weighted by Gasteiger charge is -2.13. The van der Waals surface area contributed by atoms with Crippen LogP contribution in [0.1, 0.15) is 19.3 Å². The zero-order valence-corrected chi connectivity index (χ0v) is 9.40. The van der Waals surface area contributed by atoms with Crippen LogP contribution in [-0.2, 0) is 4.79 Å². The Kier molecular flexibility index (Phi) is 3.55. The maximum atomic E-state index is 11.6. The first-order chi connectivity index (χ1) is 8.24. The molecule has 0 saturated carbocycles. The Labute approximate surface area is 99.7 Å². The van der Waals surface area contributed by atoms with Crippen LogP contribution >= 0.6 is 0 Å². The number of carbonyl (C=O) groups excluding carboxylic acids is 2. The molecule has 2 rings (SSSR count). The molecule has 0 aliphatic heterocycles. The minimum Gasteiger partial charge on any atom is -0.311 e. The minimum atomic E-state index is -0.308. The van der Waals surface area contributed by atoms with E-state index in [0.717, 1.165) is 18.5 Å². The second kappa shape index (κ2) is 5.30. The Balaban J connectivity index is 1.92. The highest BCUT2D eigenvalue weighted by molar-refractivity contribution is 5.94. The molecule has 1 aromatic rings. The number of benzene rings is 1. The number of rotatable bonds is 2. The van der Waals surface area contributed by atoms with E-state index in [1.54, 1.807) is 12.1 Å². The fourth-order valence-corrected chi connectivity index (χ4v) is 1.72. The number of para-hydroxylation sites is 1. The minimum absolute atomic E-state index is 0.0752. The average molecular weight is 230 g/mol. The number of urea groups is 1. The zero-order chi connectivity index (χ0) is 12.1. The summed E-state index contributed by atoms with van der Waals surface area (Å²) in [6, 6.07) is 8.88. The van der Waals surface area contributed by atoms with Gasteiger partial charge in [-0.3, -0.25) is 4.79 Å². The van der Waals surface area contributed by atoms with Crippen LogP contribution in [0.5, 0.6) is 0 Å². The standard InChI is InChI=1S/C13H14N2O2/c16-12-8-4-7-11(9-12)15-13(17)14-10-5-2-1-3-6-10/h1-3,5-6,9H,4,7-8H2,(H2,14,15,17). The van der Waals surface area contributed by atoms with Gasteiger partial charge in [0, 0.05) is 23.9 Å². The van der Waals surface area contributed by atoms with Gasteiger partial charge in [0.05, 0.1) is 0 Å². The van der Waals surface area contributed by atoms with Crippen LogP contribution in [0.4, 0.5) is 10.5 Å². The summed E-state index contributed by atoms with van der Waals surface area (Å²) in [5.74, 6) is 0.0752. The lowest BCUT2D eigenvalue weighted by Crippen LogP contribution is -2.29. The van der Waals surface area contributed by atoms with Crippen LogP contribution in [0.3, 0.4) is 0 Å². The number of carbonyl (C=O) groups is 2. The third-order valence-electron chi connectivity index (χ3n) is 2.51. The van der Waals surface area contributed by atoms with Crippen molar-refractivity contribution in [2.45, 2.75) is 19.3 Å². The van der Waals surface area contributed by atoms with E-state index in [-0.39, 0.29) is 11.8 Å². The lowest BCUT2D eigenvalue weighted by atomic mass is 10.0. The second-order valence-corrected chi connectivity index (χ2v) is 3.93. The fraction of sp³-hybridized carbons (Fsp3) is 0.231. The van der Waals surface area contributed by atoms with Crippen molar-refractivity contribution >= 4 is 17.5 Å². The molecule has 0 unspecified atom stereocenters. The molecule has 4 nitrogen and oxygen atoms in total. The molecule has 4 heteroatoms. The Bertz CT molecular complexity index is 452. The Morgan fingerprint density at radius 1 is 1.06 bits per heavy atom. The van der Waals surface area contributed by atoms with Gasteiger partial charge in [-0.2, -0.15) is 0 Å². The van der Waals surface area contributed by atoms with Crippen LogP contribution in [0.25, 0.3) is 0 Å². The molecule has 0 heterocycles. The summed E-state index contributed by atoms with van der Waals surface area (Å²) < 4.78 is 0. The van der Waals surface area contributed by atoms with Gasteiger partial charge in [0.25, 0.3) is 0 Å². The maximum Gasteiger partial charge on any atom is 0.323 e. The summed E-state index contributed by atoms with van der Waals surface area (Å²) in [6.45, 7) is 0. The molecule has 0 atom stereocenters. The molecular formula is C13H14N2O2. The molecule has 17 heavy (non-hydrogen) atoms. The van der Waals surface area contributed by atoms with Crippen LogP contribution in [-0.4, -0.2) is 11.8 Å². The number of nitrogens with one attached hydrogen (secondary N) is 2. The normalized spacial score (nSPS) is 15.1. The number of ketones is 1. The molecule has 0 spiro atoms. The Hall–Kier alpha value is -2.10. The van der Waals surface area contributed by atoms with Gasteiger partial charge < -0.3 is 10.6 Å². The first-order valence-electron chi connectivity index (χ1n) is 5.60. The van der Waals surface area contributed by atoms with Crippen molar-refractivity contribution in [2.24, 2.45) is 0 Å². The maximum absolute atomic E-state index is 11.6. The van der Waals surface area contributed by atoms with Gasteiger partial charge in [-0.1, -0.05) is 18.2 Å². The molecule has 1 aliphatic carbocycles. The molecular weight excluding hydrogens is 216 g/mol. The monoisotopic (exact) mass is 230 g/mol. The van der Waals surface area contributed by atoms with Crippen molar-refractivity contribution in [1.82, 2.24) is 5.32 Å². The van der Waals surface area contributed by atoms with Crippen LogP contribution in [0, 0.1) is 0 Å². The van der Waals surface area contributed by atoms with Crippen molar-refractivity contribution in [2.75, 3.05) is 5.32 Å². The predicted molar refractivity (Wildman–Crippen MR) is 65.5 cm³/mol. The van der Waals surface area contributed by atoms with Gasteiger partial charge >= 0.3 is 6.03 Å². The smallest absolute Gasteiger partial charge is 0.311 e. The molecule has 0 fully saturated rings. The van der Waals surface area contributed by atoms with Crippen LogP contribution in [0.15, 0.2) is 42.1 Å². The largest absolute Gasteiger partial charge is 0.323 e. The number of hydrogen-bond acceptors (Lipinski definition) is 2. The summed E-state index contributed by atoms with van der Waals surface area (Å²) in [5.41, 5.74) is 1.42. The SMILES string of the molecule is O=C1C=C(NC(=O)Nc2ccccc2)CCC1. The quantitative estimate of drug-likeness (QED) is 0.819. The summed E-state index contributed by atoms with van der Waals surface area (Å²) >= 11 is 0. The molecule has 0 aromatic heterocycles. The first-order valence-corrected chi connectivity index (χ1v) is 5.60. The van der Waals surface area contributed by atoms with Crippen molar-refractivity contribution in [3.05, 3.63) is 42.1 Å². The van der Waals surface area contributed by atoms with E-state index in [0.29, 0.717) is 12.1 Å². The fourth-order valence-electron chi connectivity index (χ4n) is 1.72. The number of amides is 2. The van der Waals surface area contributed by atoms with Crippen molar-refractivity contribution < 1.29 is 9.59 Å². The topological polar surface area (TPSA) is 58.2 Å². The first kappa shape index (κ1) is 11.4. The van der Waals surface area contributed by atoms with Gasteiger partial charge in [-0.05, 0) is 25.0 Å². The average Bonchev–Trinajstić information content (AvgIpc) is 2.30. The number of allylic oxidation sites excluding steroid dienone is 2. The number of anilines is 1. The van der Waals surface area contributed by atoms with Crippen molar-refractivity contribution in [3.8, 4) is 0 Å². The third kappa shape index (κ3) is 3.45. The van der Waals surface area contributed by atoms with E-state index in [1.807, 2.05) is 18.2 Å². The molecule has 2 N–H and O–H groups in total. The van der Waals surface area contributed by atoms with Gasteiger partial charge in [-0.25, -0.2) is 4.79 Å². The highest BCUT2D eigenvalue weighted by atomic mass is 16.2. The molecule has 1 aromatic carbocycles. The summed E-state index contributed by atoms with van der Waals surface area (Å²) in [4.78, 5) is 22.8. The molecule has 0 saturated heterocycles. The van der Waals surface area contributed by atoms with Gasteiger partial charge in [0.2, 0.25) is 0 Å². The molecule has 0 radical (unpaired) electrons. The molecule has 0 bridgehead atoms. The molecule has 88 valence electrons. The van der Waals surface area contributed by atoms with E-state index in [9.17, 15) is 9.59 Å². The predicted octanol–water partition coefficient (Wildman–Crippen LogP) is 2.45. The van der Waals surface area contributed by atoms with Crippen molar-refractivity contribution in [3.63, 3.8) is 0 Å². The highest BCUT2D eigenvalue weighted by Gasteiger charge is 2.11. The van der Waals surface area contributed by atoms with Crippen LogP contribution < -0.4 is 10.6 Å². The second-order valence-electron chi connectivity index (χ2n) is 3.93. The van der Waals surface area contributed by atoms with Gasteiger partial charge in [-0.15, -0.1) is 0 Å². The van der Waals surface area contributed by atoms with Crippen LogP contribution in [0.2, 0.25) is 0 Å². The summed E-state index contributed by atoms with van der Waals surface area (Å²) in [7, 11) is 0. The van der Waals surface area contributed by atoms with Gasteiger partial charge in [0.15, 0.2) is 5.78 Å². The highest BCUT2D eigenvalue weighted by Crippen LogP contribution is 2.13. The van der Waals surface area contributed by atoms with E-state index in [4.69, 9.17) is 0 Å². The van der Waals surface area contributed by atoms with Gasteiger partial charge in [0.1, 0.15) is 0 Å². The lowest BCUT2D eigenvalue weighted by molar-refractivity contribution is -0.115. The van der Waals surface area contributed by atoms with E-state index >= 15 is 0 Å². The molecule has 2 amide bonds. The Morgan fingerprint density at radius 2 is 1.82 bits per heavy atom. The van der Waals surface area contributed by atoms with E-state index in [1.165, 1.54) is 6.08 Å². The Morgan fingerprint density at radius 3 is 2.53 bits per heavy atom. The van der Waals surface area contributed by atoms with Crippen molar-refractivity contribution in [1.29, 1.82) is 0 Å². The van der Waals surface area contributed by atoms with E-state index < -0.39 is 0 Å². The third-order valence-corrected chi connectivity index (χ3v) is 2.51. The zero-order valence-electron chi connectivity index (χ0n) is 9.40. The number of hydrogen-bond donors (Lipinski definition) is 2. The summed E-state index contributed by atoms with van der Waals surface area (Å²) in [6.07, 6.45) is 3.63.